The van der Waals surface area contributed by atoms with E-state index in [1.807, 2.05) is 45.0 Å². The molecule has 0 N–H and O–H groups in total. The number of carbonyl (C=O) groups is 2. The molecule has 1 aromatic rings. The average Bonchev–Trinajstić information content (AvgIpc) is 2.58. The van der Waals surface area contributed by atoms with Crippen LogP contribution in [0.1, 0.15) is 49.5 Å². The Labute approximate surface area is 149 Å². The van der Waals surface area contributed by atoms with E-state index in [1.54, 1.807) is 11.0 Å². The number of piperidine rings is 1. The van der Waals surface area contributed by atoms with Crippen molar-refractivity contribution >= 4 is 18.1 Å². The number of carbonyl (C=O) groups excluding carboxylic acids is 2. The van der Waals surface area contributed by atoms with Crippen molar-refractivity contribution in [3.63, 3.8) is 0 Å². The second kappa shape index (κ2) is 8.19. The summed E-state index contributed by atoms with van der Waals surface area (Å²) in [5.41, 5.74) is 1.06. The van der Waals surface area contributed by atoms with Crippen LogP contribution in [-0.2, 0) is 9.47 Å². The molecule has 0 unspecified atom stereocenters. The molecule has 1 aliphatic rings. The van der Waals surface area contributed by atoms with E-state index in [1.165, 1.54) is 7.11 Å². The molecule has 0 aromatic heterocycles. The maximum Gasteiger partial charge on any atom is 0.410 e. The highest BCUT2D eigenvalue weighted by atomic mass is 16.6. The van der Waals surface area contributed by atoms with E-state index < -0.39 is 5.60 Å². The molecule has 0 aliphatic carbocycles. The summed E-state index contributed by atoms with van der Waals surface area (Å²) in [6.45, 7) is 7.03. The van der Waals surface area contributed by atoms with Crippen molar-refractivity contribution in [1.29, 1.82) is 0 Å². The number of allylic oxidation sites excluding steroid dienone is 1. The first-order chi connectivity index (χ1) is 11.8. The van der Waals surface area contributed by atoms with E-state index in [0.717, 1.165) is 18.4 Å². The Bertz CT molecular complexity index is 637. The van der Waals surface area contributed by atoms with Crippen LogP contribution < -0.4 is 0 Å². The molecule has 136 valence electrons. The minimum absolute atomic E-state index is 0.235. The minimum Gasteiger partial charge on any atom is -0.465 e. The first-order valence-corrected chi connectivity index (χ1v) is 8.63. The maximum atomic E-state index is 12.1. The molecule has 1 amide bonds. The van der Waals surface area contributed by atoms with Gasteiger partial charge in [0.25, 0.3) is 0 Å². The molecule has 5 nitrogen and oxygen atoms in total. The minimum atomic E-state index is -0.460. The average molecular weight is 345 g/mol. The van der Waals surface area contributed by atoms with E-state index in [0.29, 0.717) is 24.6 Å². The van der Waals surface area contributed by atoms with Gasteiger partial charge in [-0.25, -0.2) is 9.59 Å². The van der Waals surface area contributed by atoms with Crippen LogP contribution in [0.2, 0.25) is 0 Å². The molecule has 0 saturated carbocycles. The summed E-state index contributed by atoms with van der Waals surface area (Å²) in [5.74, 6) is 0.0846. The fourth-order valence-electron chi connectivity index (χ4n) is 2.74. The van der Waals surface area contributed by atoms with Crippen LogP contribution in [0, 0.1) is 5.92 Å². The van der Waals surface area contributed by atoms with Crippen molar-refractivity contribution in [1.82, 2.24) is 4.90 Å². The zero-order valence-corrected chi connectivity index (χ0v) is 15.5. The van der Waals surface area contributed by atoms with Gasteiger partial charge in [-0.1, -0.05) is 24.3 Å². The highest BCUT2D eigenvalue weighted by Crippen LogP contribution is 2.22. The molecule has 0 spiro atoms. The molecule has 2 rings (SSSR count). The van der Waals surface area contributed by atoms with Crippen LogP contribution in [0.15, 0.2) is 30.3 Å². The Morgan fingerprint density at radius 3 is 2.48 bits per heavy atom. The maximum absolute atomic E-state index is 12.1. The molecule has 1 aromatic carbocycles. The Morgan fingerprint density at radius 1 is 1.20 bits per heavy atom. The number of hydrogen-bond donors (Lipinski definition) is 0. The number of esters is 1. The van der Waals surface area contributed by atoms with Gasteiger partial charge < -0.3 is 14.4 Å². The largest absolute Gasteiger partial charge is 0.465 e. The third kappa shape index (κ3) is 5.93. The molecule has 5 heteroatoms. The number of amides is 1. The van der Waals surface area contributed by atoms with Gasteiger partial charge in [-0.3, -0.25) is 0 Å². The van der Waals surface area contributed by atoms with Crippen molar-refractivity contribution in [2.75, 3.05) is 20.2 Å². The second-order valence-electron chi connectivity index (χ2n) is 7.28. The standard InChI is InChI=1S/C20H27NO4/c1-20(2,3)25-19(23)21-12-10-15(11-13-21)8-9-16-6-5-7-17(14-16)18(22)24-4/h5-9,14-15H,10-13H2,1-4H3. The first-order valence-electron chi connectivity index (χ1n) is 8.63. The van der Waals surface area contributed by atoms with Gasteiger partial charge in [-0.15, -0.1) is 0 Å². The monoisotopic (exact) mass is 345 g/mol. The normalized spacial score (nSPS) is 16.1. The molecule has 25 heavy (non-hydrogen) atoms. The summed E-state index contributed by atoms with van der Waals surface area (Å²) < 4.78 is 10.2. The molecule has 1 heterocycles. The lowest BCUT2D eigenvalue weighted by atomic mass is 9.95. The third-order valence-corrected chi connectivity index (χ3v) is 4.06. The molecule has 0 radical (unpaired) electrons. The number of ether oxygens (including phenoxy) is 2. The van der Waals surface area contributed by atoms with E-state index in [9.17, 15) is 9.59 Å². The number of rotatable bonds is 3. The van der Waals surface area contributed by atoms with Gasteiger partial charge >= 0.3 is 12.1 Å². The smallest absolute Gasteiger partial charge is 0.410 e. The van der Waals surface area contributed by atoms with Gasteiger partial charge in [0.1, 0.15) is 5.60 Å². The first kappa shape index (κ1) is 19.0. The lowest BCUT2D eigenvalue weighted by Gasteiger charge is -2.32. The Balaban J connectivity index is 1.88. The van der Waals surface area contributed by atoms with Crippen molar-refractivity contribution < 1.29 is 19.1 Å². The Morgan fingerprint density at radius 2 is 1.88 bits per heavy atom. The van der Waals surface area contributed by atoms with Gasteiger partial charge in [0.05, 0.1) is 12.7 Å². The van der Waals surface area contributed by atoms with Gasteiger partial charge in [0, 0.05) is 13.1 Å². The molecule has 0 atom stereocenters. The fraction of sp³-hybridized carbons (Fsp3) is 0.500. The molecule has 1 fully saturated rings. The van der Waals surface area contributed by atoms with E-state index in [2.05, 4.69) is 6.08 Å². The molecule has 1 saturated heterocycles. The molecule has 1 aliphatic heterocycles. The zero-order chi connectivity index (χ0) is 18.4. The number of hydrogen-bond acceptors (Lipinski definition) is 4. The lowest BCUT2D eigenvalue weighted by molar-refractivity contribution is 0.0197. The van der Waals surface area contributed by atoms with Crippen molar-refractivity contribution in [3.8, 4) is 0 Å². The summed E-state index contributed by atoms with van der Waals surface area (Å²) in [6.07, 6.45) is 5.77. The van der Waals surface area contributed by atoms with E-state index in [-0.39, 0.29) is 12.1 Å². The topological polar surface area (TPSA) is 55.8 Å². The number of nitrogens with zero attached hydrogens (tertiary/aromatic N) is 1. The number of likely N-dealkylation sites (tertiary alicyclic amines) is 1. The highest BCUT2D eigenvalue weighted by molar-refractivity contribution is 5.90. The van der Waals surface area contributed by atoms with Gasteiger partial charge in [0.15, 0.2) is 0 Å². The molecular weight excluding hydrogens is 318 g/mol. The zero-order valence-electron chi connectivity index (χ0n) is 15.5. The summed E-state index contributed by atoms with van der Waals surface area (Å²) in [7, 11) is 1.38. The fourth-order valence-corrected chi connectivity index (χ4v) is 2.74. The van der Waals surface area contributed by atoms with Crippen molar-refractivity contribution in [2.45, 2.75) is 39.2 Å². The van der Waals surface area contributed by atoms with Crippen LogP contribution in [0.4, 0.5) is 4.79 Å². The SMILES string of the molecule is COC(=O)c1cccc(C=CC2CCN(C(=O)OC(C)(C)C)CC2)c1. The lowest BCUT2D eigenvalue weighted by Crippen LogP contribution is -2.41. The number of benzene rings is 1. The van der Waals surface area contributed by atoms with E-state index >= 15 is 0 Å². The van der Waals surface area contributed by atoms with Gasteiger partial charge in [-0.05, 0) is 57.2 Å². The molecule has 0 bridgehead atoms. The van der Waals surface area contributed by atoms with Crippen molar-refractivity contribution in [2.24, 2.45) is 5.92 Å². The van der Waals surface area contributed by atoms with Crippen molar-refractivity contribution in [3.05, 3.63) is 41.5 Å². The summed E-state index contributed by atoms with van der Waals surface area (Å²) in [4.78, 5) is 25.4. The predicted molar refractivity (Wildman–Crippen MR) is 97.3 cm³/mol. The third-order valence-electron chi connectivity index (χ3n) is 4.06. The highest BCUT2D eigenvalue weighted by Gasteiger charge is 2.25. The Hall–Kier alpha value is -2.30. The van der Waals surface area contributed by atoms with Gasteiger partial charge in [0.2, 0.25) is 0 Å². The number of methoxy groups -OCH3 is 1. The molecular formula is C20H27NO4. The summed E-state index contributed by atoms with van der Waals surface area (Å²) >= 11 is 0. The van der Waals surface area contributed by atoms with Crippen LogP contribution in [-0.4, -0.2) is 42.8 Å². The van der Waals surface area contributed by atoms with Crippen LogP contribution in [0.3, 0.4) is 0 Å². The quantitative estimate of drug-likeness (QED) is 0.773. The van der Waals surface area contributed by atoms with Gasteiger partial charge in [-0.2, -0.15) is 0 Å². The van der Waals surface area contributed by atoms with Crippen LogP contribution in [0.5, 0.6) is 0 Å². The predicted octanol–water partition coefficient (Wildman–Crippen LogP) is 4.13. The van der Waals surface area contributed by atoms with E-state index in [4.69, 9.17) is 9.47 Å². The second-order valence-corrected chi connectivity index (χ2v) is 7.28. The summed E-state index contributed by atoms with van der Waals surface area (Å²) in [6, 6.07) is 7.36. The van der Waals surface area contributed by atoms with Crippen LogP contribution in [0.25, 0.3) is 6.08 Å². The summed E-state index contributed by atoms with van der Waals surface area (Å²) in [5, 5.41) is 0. The Kier molecular flexibility index (Phi) is 6.23. The van der Waals surface area contributed by atoms with Crippen LogP contribution >= 0.6 is 0 Å².